The first-order chi connectivity index (χ1) is 7.09. The number of phenolic OH excluding ortho intramolecular Hbond substituents is 2. The average Bonchev–Trinajstić information content (AvgIpc) is 2.12. The van der Waals surface area contributed by atoms with Crippen LogP contribution in [0.1, 0.15) is 24.8 Å². The van der Waals surface area contributed by atoms with E-state index >= 15 is 0 Å². The summed E-state index contributed by atoms with van der Waals surface area (Å²) in [6.07, 6.45) is 2.80. The minimum atomic E-state index is -0.803. The molecule has 1 aromatic rings. The van der Waals surface area contributed by atoms with Crippen molar-refractivity contribution in [3.8, 4) is 11.5 Å². The van der Waals surface area contributed by atoms with Gasteiger partial charge in [-0.15, -0.1) is 0 Å². The van der Waals surface area contributed by atoms with Crippen LogP contribution in [-0.2, 0) is 5.41 Å². The molecule has 1 aliphatic carbocycles. The summed E-state index contributed by atoms with van der Waals surface area (Å²) >= 11 is 0. The number of rotatable bonds is 2. The molecular weight excluding hydrogens is 197 g/mol. The topological polar surface area (TPSA) is 66.5 Å². The number of hydrogen-bond acceptors (Lipinski definition) is 3. The first kappa shape index (κ1) is 10.2. The molecule has 0 saturated heterocycles. The van der Waals surface area contributed by atoms with Gasteiger partial charge < -0.3 is 15.9 Å². The Hall–Kier alpha value is -1.29. The summed E-state index contributed by atoms with van der Waals surface area (Å²) < 4.78 is 12.9. The maximum atomic E-state index is 12.9. The Morgan fingerprint density at radius 2 is 1.93 bits per heavy atom. The molecule has 0 amide bonds. The molecule has 0 aliphatic heterocycles. The first-order valence-corrected chi connectivity index (χ1v) is 5.01. The van der Waals surface area contributed by atoms with E-state index in [1.807, 2.05) is 0 Å². The van der Waals surface area contributed by atoms with E-state index in [4.69, 9.17) is 5.73 Å². The lowest BCUT2D eigenvalue weighted by atomic mass is 9.64. The Balaban J connectivity index is 2.47. The van der Waals surface area contributed by atoms with E-state index in [-0.39, 0.29) is 11.2 Å². The third-order valence-corrected chi connectivity index (χ3v) is 3.34. The van der Waals surface area contributed by atoms with Crippen molar-refractivity contribution in [2.75, 3.05) is 6.54 Å². The second-order valence-electron chi connectivity index (χ2n) is 4.16. The van der Waals surface area contributed by atoms with Gasteiger partial charge in [-0.25, -0.2) is 4.39 Å². The fourth-order valence-corrected chi connectivity index (χ4v) is 2.16. The van der Waals surface area contributed by atoms with Crippen molar-refractivity contribution < 1.29 is 14.6 Å². The number of halogens is 1. The van der Waals surface area contributed by atoms with Crippen LogP contribution in [0.25, 0.3) is 0 Å². The molecule has 4 N–H and O–H groups in total. The minimum absolute atomic E-state index is 0.115. The van der Waals surface area contributed by atoms with E-state index in [1.54, 1.807) is 0 Å². The molecule has 2 rings (SSSR count). The Morgan fingerprint density at radius 3 is 2.40 bits per heavy atom. The third kappa shape index (κ3) is 1.45. The van der Waals surface area contributed by atoms with E-state index < -0.39 is 11.6 Å². The number of aromatic hydroxyl groups is 2. The highest BCUT2D eigenvalue weighted by Gasteiger charge is 2.39. The number of benzene rings is 1. The molecule has 0 radical (unpaired) electrons. The molecular formula is C11H14FNO2. The summed E-state index contributed by atoms with van der Waals surface area (Å²) in [5.41, 5.74) is 5.97. The largest absolute Gasteiger partial charge is 0.508 e. The van der Waals surface area contributed by atoms with Crippen LogP contribution in [0.3, 0.4) is 0 Å². The second kappa shape index (κ2) is 3.38. The molecule has 3 nitrogen and oxygen atoms in total. The summed E-state index contributed by atoms with van der Waals surface area (Å²) in [4.78, 5) is 0. The molecule has 82 valence electrons. The van der Waals surface area contributed by atoms with E-state index in [1.165, 1.54) is 6.07 Å². The predicted octanol–water partition coefficient (Wildman–Crippen LogP) is 1.62. The molecule has 0 atom stereocenters. The van der Waals surface area contributed by atoms with Gasteiger partial charge in [0.05, 0.1) is 0 Å². The van der Waals surface area contributed by atoms with Gasteiger partial charge >= 0.3 is 0 Å². The van der Waals surface area contributed by atoms with Crippen LogP contribution in [0, 0.1) is 5.82 Å². The van der Waals surface area contributed by atoms with Crippen molar-refractivity contribution in [1.29, 1.82) is 0 Å². The van der Waals surface area contributed by atoms with Gasteiger partial charge in [0.25, 0.3) is 0 Å². The monoisotopic (exact) mass is 211 g/mol. The van der Waals surface area contributed by atoms with Gasteiger partial charge in [0.15, 0.2) is 11.6 Å². The highest BCUT2D eigenvalue weighted by Crippen LogP contribution is 2.47. The zero-order chi connectivity index (χ0) is 11.1. The molecule has 15 heavy (non-hydrogen) atoms. The Morgan fingerprint density at radius 1 is 1.27 bits per heavy atom. The summed E-state index contributed by atoms with van der Waals surface area (Å²) in [6, 6.07) is 2.23. The summed E-state index contributed by atoms with van der Waals surface area (Å²) in [7, 11) is 0. The van der Waals surface area contributed by atoms with E-state index in [0.29, 0.717) is 12.1 Å². The van der Waals surface area contributed by atoms with Gasteiger partial charge in [-0.1, -0.05) is 6.42 Å². The van der Waals surface area contributed by atoms with Crippen LogP contribution >= 0.6 is 0 Å². The smallest absolute Gasteiger partial charge is 0.168 e. The van der Waals surface area contributed by atoms with Gasteiger partial charge in [-0.2, -0.15) is 0 Å². The third-order valence-electron chi connectivity index (χ3n) is 3.34. The quantitative estimate of drug-likeness (QED) is 0.651. The van der Waals surface area contributed by atoms with E-state index in [9.17, 15) is 14.6 Å². The first-order valence-electron chi connectivity index (χ1n) is 5.01. The average molecular weight is 211 g/mol. The molecule has 1 aromatic carbocycles. The molecule has 1 saturated carbocycles. The SMILES string of the molecule is NCC1(c2cc(O)c(F)cc2O)CCC1. The maximum absolute atomic E-state index is 12.9. The Kier molecular flexibility index (Phi) is 2.31. The lowest BCUT2D eigenvalue weighted by molar-refractivity contribution is 0.243. The van der Waals surface area contributed by atoms with Crippen LogP contribution in [0.5, 0.6) is 11.5 Å². The fraction of sp³-hybridized carbons (Fsp3) is 0.455. The van der Waals surface area contributed by atoms with Gasteiger partial charge in [0.2, 0.25) is 0 Å². The van der Waals surface area contributed by atoms with Crippen molar-refractivity contribution in [3.63, 3.8) is 0 Å². The lowest BCUT2D eigenvalue weighted by Gasteiger charge is -2.41. The highest BCUT2D eigenvalue weighted by molar-refractivity contribution is 5.46. The molecule has 0 heterocycles. The molecule has 0 spiro atoms. The fourth-order valence-electron chi connectivity index (χ4n) is 2.16. The zero-order valence-corrected chi connectivity index (χ0v) is 8.33. The van der Waals surface area contributed by atoms with Crippen molar-refractivity contribution in [1.82, 2.24) is 0 Å². The van der Waals surface area contributed by atoms with Gasteiger partial charge in [0, 0.05) is 23.6 Å². The molecule has 0 unspecified atom stereocenters. The van der Waals surface area contributed by atoms with Crippen LogP contribution < -0.4 is 5.73 Å². The van der Waals surface area contributed by atoms with Crippen molar-refractivity contribution in [2.24, 2.45) is 5.73 Å². The Bertz CT molecular complexity index is 383. The van der Waals surface area contributed by atoms with Crippen molar-refractivity contribution >= 4 is 0 Å². The lowest BCUT2D eigenvalue weighted by Crippen LogP contribution is -2.41. The molecule has 4 heteroatoms. The normalized spacial score (nSPS) is 18.5. The maximum Gasteiger partial charge on any atom is 0.168 e. The molecule has 0 aromatic heterocycles. The standard InChI is InChI=1S/C11H14FNO2/c12-8-5-9(14)7(4-10(8)15)11(6-13)2-1-3-11/h4-5,14-15H,1-3,6,13H2. The zero-order valence-electron chi connectivity index (χ0n) is 8.33. The molecule has 1 aliphatic rings. The number of phenols is 2. The van der Waals surface area contributed by atoms with Crippen LogP contribution in [0.2, 0.25) is 0 Å². The molecule has 0 bridgehead atoms. The number of nitrogens with two attached hydrogens (primary N) is 1. The Labute approximate surface area is 87.3 Å². The van der Waals surface area contributed by atoms with E-state index in [2.05, 4.69) is 0 Å². The van der Waals surface area contributed by atoms with Gasteiger partial charge in [0.1, 0.15) is 5.75 Å². The second-order valence-corrected chi connectivity index (χ2v) is 4.16. The predicted molar refractivity (Wildman–Crippen MR) is 54.3 cm³/mol. The number of hydrogen-bond donors (Lipinski definition) is 3. The minimum Gasteiger partial charge on any atom is -0.508 e. The summed E-state index contributed by atoms with van der Waals surface area (Å²) in [5.74, 6) is -1.35. The summed E-state index contributed by atoms with van der Waals surface area (Å²) in [5, 5.41) is 18.9. The van der Waals surface area contributed by atoms with Crippen molar-refractivity contribution in [2.45, 2.75) is 24.7 Å². The van der Waals surface area contributed by atoms with Crippen LogP contribution in [0.4, 0.5) is 4.39 Å². The van der Waals surface area contributed by atoms with E-state index in [0.717, 1.165) is 25.3 Å². The molecule has 1 fully saturated rings. The van der Waals surface area contributed by atoms with Gasteiger partial charge in [-0.3, -0.25) is 0 Å². The van der Waals surface area contributed by atoms with Crippen molar-refractivity contribution in [3.05, 3.63) is 23.5 Å². The van der Waals surface area contributed by atoms with Crippen LogP contribution in [0.15, 0.2) is 12.1 Å². The highest BCUT2D eigenvalue weighted by atomic mass is 19.1. The van der Waals surface area contributed by atoms with Crippen LogP contribution in [-0.4, -0.2) is 16.8 Å². The van der Waals surface area contributed by atoms with Gasteiger partial charge in [-0.05, 0) is 18.9 Å². The summed E-state index contributed by atoms with van der Waals surface area (Å²) in [6.45, 7) is 0.408.